The summed E-state index contributed by atoms with van der Waals surface area (Å²) in [6.07, 6.45) is 0. The minimum absolute atomic E-state index is 0.0990. The SMILES string of the molecule is Cc1noc(C)c1COc1ccc(S(=O)(=O)N(CC(C)C)c2ccc(Cl)c(Cl)c2)cc1. The van der Waals surface area contributed by atoms with Crippen molar-refractivity contribution in [1.29, 1.82) is 0 Å². The molecule has 0 atom stereocenters. The van der Waals surface area contributed by atoms with Crippen molar-refractivity contribution in [3.05, 3.63) is 69.5 Å². The van der Waals surface area contributed by atoms with Crippen molar-refractivity contribution in [3.8, 4) is 5.75 Å². The molecule has 0 unspecified atom stereocenters. The summed E-state index contributed by atoms with van der Waals surface area (Å²) in [5.41, 5.74) is 2.10. The van der Waals surface area contributed by atoms with E-state index in [0.29, 0.717) is 33.8 Å². The van der Waals surface area contributed by atoms with Gasteiger partial charge in [0.25, 0.3) is 10.0 Å². The van der Waals surface area contributed by atoms with E-state index in [2.05, 4.69) is 5.16 Å². The fourth-order valence-corrected chi connectivity index (χ4v) is 4.92. The molecule has 0 N–H and O–H groups in total. The van der Waals surface area contributed by atoms with Gasteiger partial charge in [0, 0.05) is 6.54 Å². The second kappa shape index (κ2) is 9.51. The quantitative estimate of drug-likeness (QED) is 0.391. The van der Waals surface area contributed by atoms with Crippen LogP contribution in [0.2, 0.25) is 10.0 Å². The topological polar surface area (TPSA) is 72.6 Å². The number of hydrogen-bond acceptors (Lipinski definition) is 5. The van der Waals surface area contributed by atoms with Gasteiger partial charge in [0.2, 0.25) is 0 Å². The van der Waals surface area contributed by atoms with E-state index in [9.17, 15) is 8.42 Å². The number of rotatable bonds is 8. The lowest BCUT2D eigenvalue weighted by Gasteiger charge is -2.26. The van der Waals surface area contributed by atoms with E-state index in [4.69, 9.17) is 32.5 Å². The molecule has 0 bridgehead atoms. The van der Waals surface area contributed by atoms with Crippen LogP contribution < -0.4 is 9.04 Å². The zero-order chi connectivity index (χ0) is 22.8. The van der Waals surface area contributed by atoms with Gasteiger partial charge in [-0.3, -0.25) is 4.31 Å². The van der Waals surface area contributed by atoms with E-state index in [1.54, 1.807) is 30.3 Å². The van der Waals surface area contributed by atoms with Crippen molar-refractivity contribution in [3.63, 3.8) is 0 Å². The molecule has 0 aliphatic carbocycles. The number of sulfonamides is 1. The summed E-state index contributed by atoms with van der Waals surface area (Å²) in [6, 6.07) is 11.1. The van der Waals surface area contributed by atoms with Crippen LogP contribution in [-0.2, 0) is 16.6 Å². The highest BCUT2D eigenvalue weighted by atomic mass is 35.5. The van der Waals surface area contributed by atoms with E-state index in [0.717, 1.165) is 11.3 Å². The van der Waals surface area contributed by atoms with Gasteiger partial charge in [-0.05, 0) is 62.2 Å². The zero-order valence-electron chi connectivity index (χ0n) is 17.7. The zero-order valence-corrected chi connectivity index (χ0v) is 20.1. The van der Waals surface area contributed by atoms with Gasteiger partial charge < -0.3 is 9.26 Å². The van der Waals surface area contributed by atoms with Crippen molar-refractivity contribution in [2.75, 3.05) is 10.8 Å². The van der Waals surface area contributed by atoms with Gasteiger partial charge in [0.1, 0.15) is 18.1 Å². The molecule has 1 heterocycles. The summed E-state index contributed by atoms with van der Waals surface area (Å²) in [4.78, 5) is 0.156. The van der Waals surface area contributed by atoms with E-state index in [1.165, 1.54) is 16.4 Å². The second-order valence-corrected chi connectivity index (χ2v) is 10.3. The molecule has 31 heavy (non-hydrogen) atoms. The lowest BCUT2D eigenvalue weighted by molar-refractivity contribution is 0.301. The molecule has 0 amide bonds. The van der Waals surface area contributed by atoms with Crippen molar-refractivity contribution in [1.82, 2.24) is 5.16 Å². The Kier molecular flexibility index (Phi) is 7.19. The first kappa shape index (κ1) is 23.4. The fourth-order valence-electron chi connectivity index (χ4n) is 3.01. The summed E-state index contributed by atoms with van der Waals surface area (Å²) < 4.78 is 39.1. The first-order valence-electron chi connectivity index (χ1n) is 9.72. The Hall–Kier alpha value is -2.22. The molecule has 3 rings (SSSR count). The third-order valence-electron chi connectivity index (χ3n) is 4.70. The Bertz CT molecular complexity index is 1140. The monoisotopic (exact) mass is 482 g/mol. The summed E-state index contributed by atoms with van der Waals surface area (Å²) in [6.45, 7) is 8.15. The molecule has 0 spiro atoms. The molecule has 0 saturated carbocycles. The summed E-state index contributed by atoms with van der Waals surface area (Å²) in [5.74, 6) is 1.34. The van der Waals surface area contributed by atoms with E-state index >= 15 is 0 Å². The van der Waals surface area contributed by atoms with Gasteiger partial charge in [-0.25, -0.2) is 8.42 Å². The Morgan fingerprint density at radius 3 is 2.29 bits per heavy atom. The third-order valence-corrected chi connectivity index (χ3v) is 7.25. The molecule has 3 aromatic rings. The molecule has 0 aliphatic heterocycles. The van der Waals surface area contributed by atoms with Crippen LogP contribution in [0.3, 0.4) is 0 Å². The molecule has 9 heteroatoms. The van der Waals surface area contributed by atoms with Crippen LogP contribution in [0.4, 0.5) is 5.69 Å². The molecule has 166 valence electrons. The highest BCUT2D eigenvalue weighted by Crippen LogP contribution is 2.31. The van der Waals surface area contributed by atoms with Crippen LogP contribution in [0, 0.1) is 19.8 Å². The van der Waals surface area contributed by atoms with Crippen LogP contribution >= 0.6 is 23.2 Å². The van der Waals surface area contributed by atoms with Gasteiger partial charge in [-0.2, -0.15) is 0 Å². The predicted octanol–water partition coefficient (Wildman–Crippen LogP) is 6.03. The molecular formula is C22H24Cl2N2O4S. The standard InChI is InChI=1S/C22H24Cl2N2O4S/c1-14(2)12-26(17-5-10-21(23)22(24)11-17)31(27,28)19-8-6-18(7-9-19)29-13-20-15(3)25-30-16(20)4/h5-11,14H,12-13H2,1-4H3. The van der Waals surface area contributed by atoms with Crippen molar-refractivity contribution in [2.45, 2.75) is 39.2 Å². The third kappa shape index (κ3) is 5.34. The van der Waals surface area contributed by atoms with Crippen LogP contribution in [0.5, 0.6) is 5.75 Å². The van der Waals surface area contributed by atoms with Crippen LogP contribution in [0.15, 0.2) is 51.9 Å². The lowest BCUT2D eigenvalue weighted by Crippen LogP contribution is -2.34. The highest BCUT2D eigenvalue weighted by molar-refractivity contribution is 7.92. The van der Waals surface area contributed by atoms with Gasteiger partial charge in [0.15, 0.2) is 0 Å². The van der Waals surface area contributed by atoms with E-state index < -0.39 is 10.0 Å². The van der Waals surface area contributed by atoms with Crippen molar-refractivity contribution < 1.29 is 17.7 Å². The number of hydrogen-bond donors (Lipinski definition) is 0. The van der Waals surface area contributed by atoms with Crippen LogP contribution in [0.25, 0.3) is 0 Å². The largest absolute Gasteiger partial charge is 0.489 e. The van der Waals surface area contributed by atoms with Gasteiger partial charge >= 0.3 is 0 Å². The number of anilines is 1. The minimum Gasteiger partial charge on any atom is -0.489 e. The fraction of sp³-hybridized carbons (Fsp3) is 0.318. The summed E-state index contributed by atoms with van der Waals surface area (Å²) >= 11 is 12.1. The summed E-state index contributed by atoms with van der Waals surface area (Å²) in [7, 11) is -3.82. The van der Waals surface area contributed by atoms with E-state index in [1.807, 2.05) is 27.7 Å². The first-order valence-corrected chi connectivity index (χ1v) is 11.9. The van der Waals surface area contributed by atoms with Gasteiger partial charge in [0.05, 0.1) is 31.9 Å². The molecule has 0 saturated heterocycles. The normalized spacial score (nSPS) is 11.7. The van der Waals surface area contributed by atoms with Gasteiger partial charge in [-0.1, -0.05) is 42.2 Å². The Labute approximate surface area is 192 Å². The number of benzene rings is 2. The number of halogens is 2. The highest BCUT2D eigenvalue weighted by Gasteiger charge is 2.26. The molecule has 0 radical (unpaired) electrons. The van der Waals surface area contributed by atoms with Crippen molar-refractivity contribution in [2.24, 2.45) is 5.92 Å². The Morgan fingerprint density at radius 2 is 1.74 bits per heavy atom. The molecule has 0 aliphatic rings. The van der Waals surface area contributed by atoms with E-state index in [-0.39, 0.29) is 17.4 Å². The number of ether oxygens (including phenoxy) is 1. The second-order valence-electron chi connectivity index (χ2n) is 7.59. The molecule has 0 fully saturated rings. The smallest absolute Gasteiger partial charge is 0.264 e. The van der Waals surface area contributed by atoms with Crippen molar-refractivity contribution >= 4 is 38.9 Å². The minimum atomic E-state index is -3.82. The maximum Gasteiger partial charge on any atom is 0.264 e. The summed E-state index contributed by atoms with van der Waals surface area (Å²) in [5, 5.41) is 4.57. The van der Waals surface area contributed by atoms with Crippen LogP contribution in [0.1, 0.15) is 30.9 Å². The Balaban J connectivity index is 1.85. The maximum atomic E-state index is 13.4. The molecular weight excluding hydrogens is 459 g/mol. The number of aromatic nitrogens is 1. The average molecular weight is 483 g/mol. The maximum absolute atomic E-state index is 13.4. The first-order chi connectivity index (χ1) is 14.6. The molecule has 2 aromatic carbocycles. The Morgan fingerprint density at radius 1 is 1.06 bits per heavy atom. The van der Waals surface area contributed by atoms with Gasteiger partial charge in [-0.15, -0.1) is 0 Å². The molecule has 6 nitrogen and oxygen atoms in total. The number of nitrogens with zero attached hydrogens (tertiary/aromatic N) is 2. The average Bonchev–Trinajstić information content (AvgIpc) is 3.04. The molecule has 1 aromatic heterocycles. The van der Waals surface area contributed by atoms with Crippen LogP contribution in [-0.4, -0.2) is 20.1 Å². The lowest BCUT2D eigenvalue weighted by atomic mass is 10.2. The predicted molar refractivity (Wildman–Crippen MR) is 123 cm³/mol. The number of aryl methyl sites for hydroxylation is 2.